The van der Waals surface area contributed by atoms with Crippen LogP contribution in [-0.2, 0) is 0 Å². The van der Waals surface area contributed by atoms with E-state index in [-0.39, 0.29) is 6.03 Å². The van der Waals surface area contributed by atoms with Crippen LogP contribution in [0.3, 0.4) is 0 Å². The normalized spacial score (nSPS) is 10.5. The number of nitrogens with one attached hydrogen (secondary N) is 2. The maximum Gasteiger partial charge on any atom is 0.323 e. The number of hydrogen-bond donors (Lipinski definition) is 3. The van der Waals surface area contributed by atoms with Gasteiger partial charge in [-0.25, -0.2) is 4.79 Å². The van der Waals surface area contributed by atoms with Crippen LogP contribution in [-0.4, -0.2) is 6.03 Å². The zero-order valence-corrected chi connectivity index (χ0v) is 16.2. The van der Waals surface area contributed by atoms with Crippen LogP contribution in [0.4, 0.5) is 16.2 Å². The molecule has 2 rings (SSSR count). The smallest absolute Gasteiger partial charge is 0.308 e. The molecule has 0 radical (unpaired) electrons. The highest BCUT2D eigenvalue weighted by atomic mass is 127. The van der Waals surface area contributed by atoms with Gasteiger partial charge in [0.15, 0.2) is 0 Å². The second kappa shape index (κ2) is 7.10. The topological polar surface area (TPSA) is 41.1 Å². The molecule has 0 fully saturated rings. The van der Waals surface area contributed by atoms with Crippen LogP contribution in [0.25, 0.3) is 0 Å². The molecule has 0 saturated carbocycles. The molecule has 116 valence electrons. The average Bonchev–Trinajstić information content (AvgIpc) is 2.50. The first-order valence-corrected chi connectivity index (χ1v) is 8.53. The van der Waals surface area contributed by atoms with E-state index in [0.717, 1.165) is 30.8 Å². The van der Waals surface area contributed by atoms with Gasteiger partial charge in [-0.15, -0.1) is 12.6 Å². The van der Waals surface area contributed by atoms with Crippen LogP contribution in [0.5, 0.6) is 0 Å². The van der Waals surface area contributed by atoms with Gasteiger partial charge in [-0.1, -0.05) is 11.6 Å². The lowest BCUT2D eigenvalue weighted by atomic mass is 10.0. The summed E-state index contributed by atoms with van der Waals surface area (Å²) in [6, 6.07) is 6.94. The first-order chi connectivity index (χ1) is 10.3. The van der Waals surface area contributed by atoms with Crippen molar-refractivity contribution >= 4 is 64.2 Å². The Morgan fingerprint density at radius 3 is 2.23 bits per heavy atom. The second-order valence-corrected chi connectivity index (χ2v) is 6.98. The lowest BCUT2D eigenvalue weighted by Crippen LogP contribution is -2.21. The Morgan fingerprint density at radius 2 is 1.64 bits per heavy atom. The van der Waals surface area contributed by atoms with Crippen LogP contribution in [0.15, 0.2) is 29.2 Å². The van der Waals surface area contributed by atoms with E-state index < -0.39 is 0 Å². The van der Waals surface area contributed by atoms with Crippen LogP contribution < -0.4 is 10.6 Å². The number of anilines is 2. The van der Waals surface area contributed by atoms with Crippen LogP contribution >= 0.6 is 46.8 Å². The number of rotatable bonds is 2. The largest absolute Gasteiger partial charge is 0.323 e. The highest BCUT2D eigenvalue weighted by Crippen LogP contribution is 2.35. The Morgan fingerprint density at radius 1 is 1.05 bits per heavy atom. The van der Waals surface area contributed by atoms with Crippen LogP contribution in [0.1, 0.15) is 16.7 Å². The summed E-state index contributed by atoms with van der Waals surface area (Å²) in [4.78, 5) is 13.0. The van der Waals surface area contributed by atoms with Gasteiger partial charge in [0.2, 0.25) is 0 Å². The van der Waals surface area contributed by atoms with Crippen molar-refractivity contribution in [3.8, 4) is 0 Å². The summed E-state index contributed by atoms with van der Waals surface area (Å²) in [6.07, 6.45) is 0. The molecule has 2 aromatic rings. The molecule has 2 aromatic carbocycles. The van der Waals surface area contributed by atoms with Crippen molar-refractivity contribution in [2.24, 2.45) is 0 Å². The fourth-order valence-corrected chi connectivity index (χ4v) is 3.37. The van der Waals surface area contributed by atoms with Gasteiger partial charge in [0.05, 0.1) is 5.69 Å². The van der Waals surface area contributed by atoms with Gasteiger partial charge in [-0.2, -0.15) is 0 Å². The Balaban J connectivity index is 2.24. The average molecular weight is 447 g/mol. The Kier molecular flexibility index (Phi) is 5.63. The molecule has 0 atom stereocenters. The molecule has 22 heavy (non-hydrogen) atoms. The first-order valence-electron chi connectivity index (χ1n) is 6.63. The van der Waals surface area contributed by atoms with Gasteiger partial charge in [0.25, 0.3) is 0 Å². The van der Waals surface area contributed by atoms with Crippen molar-refractivity contribution in [2.45, 2.75) is 25.7 Å². The highest BCUT2D eigenvalue weighted by molar-refractivity contribution is 14.1. The standard InChI is InChI=1S/C16H16ClIN2OS/c1-8-9(2)14(18)15(10(3)13(8)17)20-16(21)19-11-4-6-12(22)7-5-11/h4-7,22H,1-3H3,(H2,19,20,21). The van der Waals surface area contributed by atoms with E-state index in [9.17, 15) is 4.79 Å². The van der Waals surface area contributed by atoms with E-state index in [4.69, 9.17) is 11.6 Å². The molecule has 0 heterocycles. The monoisotopic (exact) mass is 446 g/mol. The molecule has 3 nitrogen and oxygen atoms in total. The van der Waals surface area contributed by atoms with E-state index >= 15 is 0 Å². The maximum atomic E-state index is 12.2. The summed E-state index contributed by atoms with van der Waals surface area (Å²) in [5.41, 5.74) is 4.44. The zero-order valence-electron chi connectivity index (χ0n) is 12.4. The van der Waals surface area contributed by atoms with Gasteiger partial charge in [-0.3, -0.25) is 0 Å². The number of thiol groups is 1. The van der Waals surface area contributed by atoms with Crippen LogP contribution in [0.2, 0.25) is 5.02 Å². The molecule has 0 saturated heterocycles. The van der Waals surface area contributed by atoms with E-state index in [2.05, 4.69) is 45.9 Å². The van der Waals surface area contributed by atoms with Crippen molar-refractivity contribution in [1.82, 2.24) is 0 Å². The fraction of sp³-hybridized carbons (Fsp3) is 0.188. The van der Waals surface area contributed by atoms with E-state index in [0.29, 0.717) is 10.7 Å². The van der Waals surface area contributed by atoms with Crippen molar-refractivity contribution in [2.75, 3.05) is 10.6 Å². The molecule has 2 N–H and O–H groups in total. The predicted octanol–water partition coefficient (Wildman–Crippen LogP) is 5.80. The van der Waals surface area contributed by atoms with E-state index in [1.807, 2.05) is 32.9 Å². The minimum atomic E-state index is -0.299. The lowest BCUT2D eigenvalue weighted by molar-refractivity contribution is 0.262. The van der Waals surface area contributed by atoms with Crippen molar-refractivity contribution < 1.29 is 4.79 Å². The summed E-state index contributed by atoms with van der Waals surface area (Å²) < 4.78 is 0.998. The van der Waals surface area contributed by atoms with Crippen molar-refractivity contribution in [3.63, 3.8) is 0 Å². The second-order valence-electron chi connectivity index (χ2n) is 5.00. The molecule has 6 heteroatoms. The van der Waals surface area contributed by atoms with Gasteiger partial charge in [0.1, 0.15) is 0 Å². The fourth-order valence-electron chi connectivity index (χ4n) is 2.04. The summed E-state index contributed by atoms with van der Waals surface area (Å²) in [6.45, 7) is 5.88. The molecular weight excluding hydrogens is 431 g/mol. The molecule has 0 aliphatic heterocycles. The SMILES string of the molecule is Cc1c(C)c(I)c(NC(=O)Nc2ccc(S)cc2)c(C)c1Cl. The molecular formula is C16H16ClIN2OS. The minimum absolute atomic E-state index is 0.299. The first kappa shape index (κ1) is 17.4. The van der Waals surface area contributed by atoms with Crippen molar-refractivity contribution in [3.05, 3.63) is 49.5 Å². The summed E-state index contributed by atoms with van der Waals surface area (Å²) in [7, 11) is 0. The number of halogens is 2. The predicted molar refractivity (Wildman–Crippen MR) is 105 cm³/mol. The number of hydrogen-bond acceptors (Lipinski definition) is 2. The summed E-state index contributed by atoms with van der Waals surface area (Å²) in [5.74, 6) is 0. The minimum Gasteiger partial charge on any atom is -0.308 e. The van der Waals surface area contributed by atoms with E-state index in [1.54, 1.807) is 12.1 Å². The Labute approximate surface area is 154 Å². The number of carbonyl (C=O) groups is 1. The molecule has 0 aliphatic carbocycles. The summed E-state index contributed by atoms with van der Waals surface area (Å²) >= 11 is 12.8. The third kappa shape index (κ3) is 3.70. The van der Waals surface area contributed by atoms with E-state index in [1.165, 1.54) is 0 Å². The van der Waals surface area contributed by atoms with Gasteiger partial charge in [0, 0.05) is 19.2 Å². The zero-order chi connectivity index (χ0) is 16.4. The summed E-state index contributed by atoms with van der Waals surface area (Å²) in [5, 5.41) is 6.37. The van der Waals surface area contributed by atoms with Crippen LogP contribution in [0, 0.1) is 24.3 Å². The molecule has 0 aliphatic rings. The molecule has 0 aromatic heterocycles. The molecule has 0 bridgehead atoms. The Bertz CT molecular complexity index is 703. The lowest BCUT2D eigenvalue weighted by Gasteiger charge is -2.17. The highest BCUT2D eigenvalue weighted by Gasteiger charge is 2.16. The van der Waals surface area contributed by atoms with Gasteiger partial charge >= 0.3 is 6.03 Å². The van der Waals surface area contributed by atoms with Crippen molar-refractivity contribution in [1.29, 1.82) is 0 Å². The maximum absolute atomic E-state index is 12.2. The quantitative estimate of drug-likeness (QED) is 0.396. The van der Waals surface area contributed by atoms with Gasteiger partial charge < -0.3 is 10.6 Å². The molecule has 0 unspecified atom stereocenters. The number of amides is 2. The number of urea groups is 1. The third-order valence-corrected chi connectivity index (χ3v) is 5.72. The van der Waals surface area contributed by atoms with Gasteiger partial charge in [-0.05, 0) is 84.3 Å². The Hall–Kier alpha value is -0.920. The molecule has 2 amide bonds. The number of carbonyl (C=O) groups excluding carboxylic acids is 1. The third-order valence-electron chi connectivity index (χ3n) is 3.51. The number of benzene rings is 2. The molecule has 0 spiro atoms.